The normalized spacial score (nSPS) is 10.6. The molecule has 76 valence electrons. The number of amides is 1. The molecule has 0 aliphatic rings. The number of nitrogens with one attached hydrogen (secondary N) is 1. The summed E-state index contributed by atoms with van der Waals surface area (Å²) in [6, 6.07) is 3.55. The molecule has 3 N–H and O–H groups in total. The summed E-state index contributed by atoms with van der Waals surface area (Å²) in [6.45, 7) is 1.19. The molecule has 0 aromatic carbocycles. The lowest BCUT2D eigenvalue weighted by molar-refractivity contribution is -0.116. The third-order valence-electron chi connectivity index (χ3n) is 1.62. The molecule has 0 fully saturated rings. The molecule has 1 aromatic rings. The Balaban J connectivity index is 2.26. The zero-order chi connectivity index (χ0) is 10.2. The number of carbonyl (C=O) groups is 1. The zero-order valence-corrected chi connectivity index (χ0v) is 7.90. The van der Waals surface area contributed by atoms with Crippen LogP contribution in [0.25, 0.3) is 6.08 Å². The maximum atomic E-state index is 11.1. The van der Waals surface area contributed by atoms with Crippen molar-refractivity contribution in [3.05, 3.63) is 30.2 Å². The van der Waals surface area contributed by atoms with Gasteiger partial charge in [-0.2, -0.15) is 0 Å². The van der Waals surface area contributed by atoms with Crippen molar-refractivity contribution in [3.63, 3.8) is 0 Å². The molecule has 0 saturated heterocycles. The minimum atomic E-state index is -0.130. The van der Waals surface area contributed by atoms with Crippen molar-refractivity contribution in [2.24, 2.45) is 5.73 Å². The first-order chi connectivity index (χ1) is 6.83. The Morgan fingerprint density at radius 2 is 2.50 bits per heavy atom. The van der Waals surface area contributed by atoms with Crippen LogP contribution in [0.1, 0.15) is 12.2 Å². The Bertz CT molecular complexity index is 291. The lowest BCUT2D eigenvalue weighted by Crippen LogP contribution is -2.23. The first-order valence-corrected chi connectivity index (χ1v) is 4.52. The number of hydrogen-bond acceptors (Lipinski definition) is 3. The second-order valence-corrected chi connectivity index (χ2v) is 2.78. The smallest absolute Gasteiger partial charge is 0.244 e. The lowest BCUT2D eigenvalue weighted by Gasteiger charge is -1.98. The third-order valence-corrected chi connectivity index (χ3v) is 1.62. The topological polar surface area (TPSA) is 68.3 Å². The van der Waals surface area contributed by atoms with Crippen LogP contribution in [-0.4, -0.2) is 19.0 Å². The van der Waals surface area contributed by atoms with Crippen molar-refractivity contribution in [3.8, 4) is 0 Å². The Morgan fingerprint density at radius 3 is 3.14 bits per heavy atom. The van der Waals surface area contributed by atoms with E-state index in [9.17, 15) is 4.79 Å². The van der Waals surface area contributed by atoms with Crippen LogP contribution in [0, 0.1) is 0 Å². The van der Waals surface area contributed by atoms with E-state index in [-0.39, 0.29) is 5.91 Å². The van der Waals surface area contributed by atoms with E-state index in [0.717, 1.165) is 6.42 Å². The van der Waals surface area contributed by atoms with Crippen LogP contribution in [0.15, 0.2) is 28.9 Å². The molecule has 4 nitrogen and oxygen atoms in total. The predicted octanol–water partition coefficient (Wildman–Crippen LogP) is 0.758. The highest BCUT2D eigenvalue weighted by Gasteiger charge is 1.94. The van der Waals surface area contributed by atoms with Gasteiger partial charge in [0.15, 0.2) is 0 Å². The molecule has 4 heteroatoms. The molecule has 1 aromatic heterocycles. The fourth-order valence-electron chi connectivity index (χ4n) is 0.916. The zero-order valence-electron chi connectivity index (χ0n) is 7.90. The van der Waals surface area contributed by atoms with E-state index in [4.69, 9.17) is 10.2 Å². The average molecular weight is 194 g/mol. The summed E-state index contributed by atoms with van der Waals surface area (Å²) in [5, 5.41) is 2.70. The molecule has 1 amide bonds. The van der Waals surface area contributed by atoms with Gasteiger partial charge in [-0.05, 0) is 31.2 Å². The van der Waals surface area contributed by atoms with Gasteiger partial charge in [0, 0.05) is 12.6 Å². The summed E-state index contributed by atoms with van der Waals surface area (Å²) in [5.41, 5.74) is 5.28. The molecule has 0 unspecified atom stereocenters. The van der Waals surface area contributed by atoms with Gasteiger partial charge < -0.3 is 15.5 Å². The molecule has 0 aliphatic heterocycles. The monoisotopic (exact) mass is 194 g/mol. The minimum absolute atomic E-state index is 0.130. The summed E-state index contributed by atoms with van der Waals surface area (Å²) in [4.78, 5) is 11.1. The molecule has 0 spiro atoms. The molecule has 0 bridgehead atoms. The second-order valence-electron chi connectivity index (χ2n) is 2.78. The van der Waals surface area contributed by atoms with E-state index >= 15 is 0 Å². The van der Waals surface area contributed by atoms with E-state index in [1.165, 1.54) is 6.08 Å². The van der Waals surface area contributed by atoms with Gasteiger partial charge in [-0.15, -0.1) is 0 Å². The summed E-state index contributed by atoms with van der Waals surface area (Å²) in [7, 11) is 0. The molecule has 14 heavy (non-hydrogen) atoms. The highest BCUT2D eigenvalue weighted by Crippen LogP contribution is 2.01. The Hall–Kier alpha value is -1.55. The Labute approximate surface area is 82.8 Å². The fraction of sp³-hybridized carbons (Fsp3) is 0.300. The molecular formula is C10H14N2O2. The third kappa shape index (κ3) is 3.91. The molecule has 0 aliphatic carbocycles. The van der Waals surface area contributed by atoms with E-state index in [0.29, 0.717) is 18.8 Å². The summed E-state index contributed by atoms with van der Waals surface area (Å²) in [6.07, 6.45) is 5.42. The molecule has 0 saturated carbocycles. The van der Waals surface area contributed by atoms with Crippen LogP contribution in [0.3, 0.4) is 0 Å². The molecule has 1 rings (SSSR count). The predicted molar refractivity (Wildman–Crippen MR) is 54.4 cm³/mol. The Morgan fingerprint density at radius 1 is 1.64 bits per heavy atom. The SMILES string of the molecule is NCCCNC(=O)/C=C/c1ccco1. The standard InChI is InChI=1S/C10H14N2O2/c11-6-2-7-12-10(13)5-4-9-3-1-8-14-9/h1,3-5,8H,2,6-7,11H2,(H,12,13)/b5-4+. The number of nitrogens with two attached hydrogens (primary N) is 1. The van der Waals surface area contributed by atoms with Crippen molar-refractivity contribution in [1.82, 2.24) is 5.32 Å². The van der Waals surface area contributed by atoms with Crippen LogP contribution in [0.5, 0.6) is 0 Å². The molecule has 0 radical (unpaired) electrons. The molecule has 0 atom stereocenters. The van der Waals surface area contributed by atoms with E-state index in [2.05, 4.69) is 5.32 Å². The van der Waals surface area contributed by atoms with Gasteiger partial charge in [0.05, 0.1) is 6.26 Å². The highest BCUT2D eigenvalue weighted by molar-refractivity contribution is 5.91. The van der Waals surface area contributed by atoms with E-state index < -0.39 is 0 Å². The van der Waals surface area contributed by atoms with Gasteiger partial charge >= 0.3 is 0 Å². The van der Waals surface area contributed by atoms with E-state index in [1.54, 1.807) is 24.5 Å². The number of furan rings is 1. The van der Waals surface area contributed by atoms with Crippen molar-refractivity contribution < 1.29 is 9.21 Å². The van der Waals surface area contributed by atoms with Gasteiger partial charge in [0.2, 0.25) is 5.91 Å². The van der Waals surface area contributed by atoms with Crippen LogP contribution in [-0.2, 0) is 4.79 Å². The van der Waals surface area contributed by atoms with Crippen LogP contribution < -0.4 is 11.1 Å². The maximum Gasteiger partial charge on any atom is 0.244 e. The van der Waals surface area contributed by atoms with Crippen molar-refractivity contribution >= 4 is 12.0 Å². The van der Waals surface area contributed by atoms with Crippen LogP contribution >= 0.6 is 0 Å². The molecular weight excluding hydrogens is 180 g/mol. The van der Waals surface area contributed by atoms with Crippen molar-refractivity contribution in [1.29, 1.82) is 0 Å². The van der Waals surface area contributed by atoms with Crippen LogP contribution in [0.2, 0.25) is 0 Å². The molecule has 1 heterocycles. The van der Waals surface area contributed by atoms with Gasteiger partial charge in [-0.25, -0.2) is 0 Å². The van der Waals surface area contributed by atoms with Gasteiger partial charge in [-0.3, -0.25) is 4.79 Å². The van der Waals surface area contributed by atoms with Crippen molar-refractivity contribution in [2.75, 3.05) is 13.1 Å². The van der Waals surface area contributed by atoms with Gasteiger partial charge in [0.1, 0.15) is 5.76 Å². The number of hydrogen-bond donors (Lipinski definition) is 2. The number of carbonyl (C=O) groups excluding carboxylic acids is 1. The largest absolute Gasteiger partial charge is 0.465 e. The first-order valence-electron chi connectivity index (χ1n) is 4.52. The number of rotatable bonds is 5. The van der Waals surface area contributed by atoms with E-state index in [1.807, 2.05) is 0 Å². The maximum absolute atomic E-state index is 11.1. The minimum Gasteiger partial charge on any atom is -0.465 e. The second kappa shape index (κ2) is 5.99. The van der Waals surface area contributed by atoms with Gasteiger partial charge in [0.25, 0.3) is 0 Å². The first kappa shape index (κ1) is 10.5. The Kier molecular flexibility index (Phi) is 4.50. The fourth-order valence-corrected chi connectivity index (χ4v) is 0.916. The summed E-state index contributed by atoms with van der Waals surface area (Å²) < 4.78 is 5.02. The summed E-state index contributed by atoms with van der Waals surface area (Å²) in [5.74, 6) is 0.536. The summed E-state index contributed by atoms with van der Waals surface area (Å²) >= 11 is 0. The van der Waals surface area contributed by atoms with Crippen molar-refractivity contribution in [2.45, 2.75) is 6.42 Å². The highest BCUT2D eigenvalue weighted by atomic mass is 16.3. The lowest BCUT2D eigenvalue weighted by atomic mass is 10.3. The quantitative estimate of drug-likeness (QED) is 0.537. The van der Waals surface area contributed by atoms with Gasteiger partial charge in [-0.1, -0.05) is 0 Å². The average Bonchev–Trinajstić information content (AvgIpc) is 2.68. The van der Waals surface area contributed by atoms with Crippen LogP contribution in [0.4, 0.5) is 0 Å².